The number of rotatable bonds is 1. The van der Waals surface area contributed by atoms with Crippen LogP contribution in [0, 0.1) is 6.92 Å². The van der Waals surface area contributed by atoms with Gasteiger partial charge in [-0.05, 0) is 42.2 Å². The number of amides is 1. The van der Waals surface area contributed by atoms with Gasteiger partial charge in [-0.1, -0.05) is 11.6 Å². The van der Waals surface area contributed by atoms with Crippen LogP contribution in [0.25, 0.3) is 0 Å². The average molecular weight is 258 g/mol. The Kier molecular flexibility index (Phi) is 3.41. The Morgan fingerprint density at radius 2 is 2.25 bits per heavy atom. The summed E-state index contributed by atoms with van der Waals surface area (Å²) in [5, 5.41) is 0.772. The molecule has 1 aromatic carbocycles. The van der Waals surface area contributed by atoms with E-state index in [2.05, 4.69) is 0 Å². The number of fused-ring (bicyclic) bond motifs is 1. The molecule has 0 atom stereocenters. The molecule has 1 heterocycles. The van der Waals surface area contributed by atoms with E-state index < -0.39 is 0 Å². The molecule has 1 aromatic rings. The number of carbonyl (C=O) groups excluding carboxylic acids is 1. The fraction of sp³-hybridized carbons (Fsp3) is 0.417. The van der Waals surface area contributed by atoms with Crippen LogP contribution in [0.5, 0.6) is 0 Å². The summed E-state index contributed by atoms with van der Waals surface area (Å²) in [4.78, 5) is 13.3. The fourth-order valence-electron chi connectivity index (χ4n) is 2.11. The molecular weight excluding hydrogens is 245 g/mol. The second-order valence-electron chi connectivity index (χ2n) is 4.06. The molecule has 16 heavy (non-hydrogen) atoms. The van der Waals surface area contributed by atoms with E-state index in [1.165, 1.54) is 11.1 Å². The Morgan fingerprint density at radius 3 is 2.94 bits per heavy atom. The average Bonchev–Trinajstić information content (AvgIpc) is 2.27. The fourth-order valence-corrected chi connectivity index (χ4v) is 2.58. The Bertz CT molecular complexity index is 431. The van der Waals surface area contributed by atoms with Crippen LogP contribution in [-0.4, -0.2) is 23.2 Å². The van der Waals surface area contributed by atoms with E-state index in [9.17, 15) is 4.79 Å². The number of alkyl halides is 1. The molecule has 0 unspecified atom stereocenters. The van der Waals surface area contributed by atoms with Crippen molar-refractivity contribution < 1.29 is 4.79 Å². The standard InChI is InChI=1S/C12H13Cl2NO/c1-8-4-10(14)5-9-2-3-15(7-11(8)9)12(16)6-13/h4-5H,2-3,6-7H2,1H3. The number of nitrogens with zero attached hydrogens (tertiary/aromatic N) is 1. The van der Waals surface area contributed by atoms with Crippen LogP contribution < -0.4 is 0 Å². The summed E-state index contributed by atoms with van der Waals surface area (Å²) in [7, 11) is 0. The maximum atomic E-state index is 11.5. The van der Waals surface area contributed by atoms with E-state index in [0.29, 0.717) is 6.54 Å². The second-order valence-corrected chi connectivity index (χ2v) is 4.76. The van der Waals surface area contributed by atoms with Crippen LogP contribution in [-0.2, 0) is 17.8 Å². The third kappa shape index (κ3) is 2.18. The lowest BCUT2D eigenvalue weighted by Gasteiger charge is -2.29. The predicted molar refractivity (Wildman–Crippen MR) is 66.0 cm³/mol. The lowest BCUT2D eigenvalue weighted by atomic mass is 9.95. The Morgan fingerprint density at radius 1 is 1.50 bits per heavy atom. The first-order chi connectivity index (χ1) is 7.61. The third-order valence-electron chi connectivity index (χ3n) is 3.00. The number of hydrogen-bond donors (Lipinski definition) is 0. The Labute approximate surface area is 105 Å². The van der Waals surface area contributed by atoms with E-state index in [-0.39, 0.29) is 11.8 Å². The van der Waals surface area contributed by atoms with Crippen molar-refractivity contribution in [3.8, 4) is 0 Å². The monoisotopic (exact) mass is 257 g/mol. The number of hydrogen-bond acceptors (Lipinski definition) is 1. The molecule has 0 saturated heterocycles. The third-order valence-corrected chi connectivity index (χ3v) is 3.44. The number of aryl methyl sites for hydroxylation is 1. The van der Waals surface area contributed by atoms with Crippen molar-refractivity contribution in [3.63, 3.8) is 0 Å². The first-order valence-electron chi connectivity index (χ1n) is 5.23. The SMILES string of the molecule is Cc1cc(Cl)cc2c1CN(C(=O)CCl)CC2. The van der Waals surface area contributed by atoms with Gasteiger partial charge >= 0.3 is 0 Å². The summed E-state index contributed by atoms with van der Waals surface area (Å²) in [6.45, 7) is 3.42. The molecule has 1 amide bonds. The molecule has 4 heteroatoms. The maximum Gasteiger partial charge on any atom is 0.237 e. The molecule has 86 valence electrons. The molecule has 0 aromatic heterocycles. The van der Waals surface area contributed by atoms with Crippen molar-refractivity contribution in [2.45, 2.75) is 19.9 Å². The van der Waals surface area contributed by atoms with E-state index in [1.807, 2.05) is 19.1 Å². The van der Waals surface area contributed by atoms with Gasteiger partial charge in [0.25, 0.3) is 0 Å². The molecule has 0 aliphatic carbocycles. The van der Waals surface area contributed by atoms with Crippen molar-refractivity contribution in [1.29, 1.82) is 0 Å². The smallest absolute Gasteiger partial charge is 0.237 e. The first-order valence-corrected chi connectivity index (χ1v) is 6.14. The van der Waals surface area contributed by atoms with Crippen LogP contribution >= 0.6 is 23.2 Å². The van der Waals surface area contributed by atoms with Gasteiger partial charge in [0.2, 0.25) is 5.91 Å². The predicted octanol–water partition coefficient (Wildman–Crippen LogP) is 2.77. The lowest BCUT2D eigenvalue weighted by Crippen LogP contribution is -2.37. The molecule has 0 N–H and O–H groups in total. The minimum Gasteiger partial charge on any atom is -0.337 e. The summed E-state index contributed by atoms with van der Waals surface area (Å²) in [6, 6.07) is 3.93. The Hall–Kier alpha value is -0.730. The number of halogens is 2. The minimum atomic E-state index is 0.00154. The van der Waals surface area contributed by atoms with Crippen molar-refractivity contribution in [3.05, 3.63) is 33.8 Å². The zero-order valence-corrected chi connectivity index (χ0v) is 10.6. The maximum absolute atomic E-state index is 11.5. The minimum absolute atomic E-state index is 0.00154. The van der Waals surface area contributed by atoms with Gasteiger partial charge in [-0.25, -0.2) is 0 Å². The van der Waals surface area contributed by atoms with E-state index in [0.717, 1.165) is 23.6 Å². The zero-order valence-electron chi connectivity index (χ0n) is 9.09. The normalized spacial score (nSPS) is 14.8. The van der Waals surface area contributed by atoms with Crippen LogP contribution in [0.1, 0.15) is 16.7 Å². The van der Waals surface area contributed by atoms with Gasteiger partial charge in [-0.2, -0.15) is 0 Å². The van der Waals surface area contributed by atoms with Crippen molar-refractivity contribution in [2.75, 3.05) is 12.4 Å². The summed E-state index contributed by atoms with van der Waals surface area (Å²) in [6.07, 6.45) is 0.860. The molecule has 0 spiro atoms. The zero-order chi connectivity index (χ0) is 11.7. The van der Waals surface area contributed by atoms with Gasteiger partial charge < -0.3 is 4.90 Å². The quantitative estimate of drug-likeness (QED) is 0.709. The summed E-state index contributed by atoms with van der Waals surface area (Å²) in [5.74, 6) is 0.0591. The molecule has 1 aliphatic rings. The Balaban J connectivity index is 2.30. The highest BCUT2D eigenvalue weighted by molar-refractivity contribution is 6.30. The molecule has 2 nitrogen and oxygen atoms in total. The van der Waals surface area contributed by atoms with Crippen LogP contribution in [0.15, 0.2) is 12.1 Å². The summed E-state index contributed by atoms with van der Waals surface area (Å²) < 4.78 is 0. The first kappa shape index (κ1) is 11.7. The van der Waals surface area contributed by atoms with Crippen molar-refractivity contribution in [1.82, 2.24) is 4.90 Å². The highest BCUT2D eigenvalue weighted by Gasteiger charge is 2.21. The van der Waals surface area contributed by atoms with Crippen molar-refractivity contribution in [2.24, 2.45) is 0 Å². The summed E-state index contributed by atoms with van der Waals surface area (Å²) in [5.41, 5.74) is 3.62. The van der Waals surface area contributed by atoms with Gasteiger partial charge in [0.1, 0.15) is 5.88 Å². The van der Waals surface area contributed by atoms with Gasteiger partial charge in [0.05, 0.1) is 0 Å². The van der Waals surface area contributed by atoms with Crippen LogP contribution in [0.2, 0.25) is 5.02 Å². The molecule has 0 bridgehead atoms. The summed E-state index contributed by atoms with van der Waals surface area (Å²) >= 11 is 11.6. The van der Waals surface area contributed by atoms with Crippen LogP contribution in [0.3, 0.4) is 0 Å². The number of benzene rings is 1. The molecule has 1 aliphatic heterocycles. The largest absolute Gasteiger partial charge is 0.337 e. The topological polar surface area (TPSA) is 20.3 Å². The lowest BCUT2D eigenvalue weighted by molar-refractivity contribution is -0.129. The van der Waals surface area contributed by atoms with E-state index in [4.69, 9.17) is 23.2 Å². The van der Waals surface area contributed by atoms with Gasteiger partial charge in [0.15, 0.2) is 0 Å². The molecular formula is C12H13Cl2NO. The van der Waals surface area contributed by atoms with Crippen molar-refractivity contribution >= 4 is 29.1 Å². The second kappa shape index (κ2) is 4.64. The molecule has 2 rings (SSSR count). The van der Waals surface area contributed by atoms with E-state index in [1.54, 1.807) is 4.90 Å². The molecule has 0 fully saturated rings. The molecule has 0 saturated carbocycles. The van der Waals surface area contributed by atoms with Gasteiger partial charge in [-0.3, -0.25) is 4.79 Å². The van der Waals surface area contributed by atoms with Gasteiger partial charge in [-0.15, -0.1) is 11.6 Å². The van der Waals surface area contributed by atoms with E-state index >= 15 is 0 Å². The highest BCUT2D eigenvalue weighted by atomic mass is 35.5. The molecule has 0 radical (unpaired) electrons. The highest BCUT2D eigenvalue weighted by Crippen LogP contribution is 2.26. The van der Waals surface area contributed by atoms with Crippen LogP contribution in [0.4, 0.5) is 0 Å². The van der Waals surface area contributed by atoms with Gasteiger partial charge in [0, 0.05) is 18.1 Å². The number of carbonyl (C=O) groups is 1.